The van der Waals surface area contributed by atoms with Crippen molar-refractivity contribution in [3.63, 3.8) is 0 Å². The lowest BCUT2D eigenvalue weighted by Gasteiger charge is -1.87. The summed E-state index contributed by atoms with van der Waals surface area (Å²) < 4.78 is 4.54. The van der Waals surface area contributed by atoms with Crippen molar-refractivity contribution in [2.45, 2.75) is 0 Å². The van der Waals surface area contributed by atoms with Gasteiger partial charge < -0.3 is 9.29 Å². The molecule has 0 amide bonds. The predicted octanol–water partition coefficient (Wildman–Crippen LogP) is 0.273. The Bertz CT molecular complexity index is 20.8. The molecule has 1 N–H and O–H groups in total. The second-order valence-corrected chi connectivity index (χ2v) is 1.69. The summed E-state index contributed by atoms with van der Waals surface area (Å²) in [6.07, 6.45) is 0. The molecule has 0 rings (SSSR count). The summed E-state index contributed by atoms with van der Waals surface area (Å²) in [4.78, 5) is 0. The van der Waals surface area contributed by atoms with Crippen molar-refractivity contribution in [3.8, 4) is 0 Å². The molecule has 0 radical (unpaired) electrons. The molecule has 6 heavy (non-hydrogen) atoms. The van der Waals surface area contributed by atoms with Gasteiger partial charge in [-0.15, -0.1) is 0 Å². The SMILES string of the molecule is COSCCO. The third-order valence-electron chi connectivity index (χ3n) is 0.292. The lowest BCUT2D eigenvalue weighted by Crippen LogP contribution is -1.84. The molecule has 0 spiro atoms. The van der Waals surface area contributed by atoms with Crippen LogP contribution in [0.3, 0.4) is 0 Å². The summed E-state index contributed by atoms with van der Waals surface area (Å²) in [5.41, 5.74) is 0. The zero-order chi connectivity index (χ0) is 4.83. The van der Waals surface area contributed by atoms with E-state index in [0.29, 0.717) is 5.75 Å². The minimum atomic E-state index is 0.193. The van der Waals surface area contributed by atoms with Crippen LogP contribution in [0.4, 0.5) is 0 Å². The van der Waals surface area contributed by atoms with Crippen LogP contribution < -0.4 is 0 Å². The summed E-state index contributed by atoms with van der Waals surface area (Å²) in [6, 6.07) is 0. The molecule has 0 aliphatic rings. The highest BCUT2D eigenvalue weighted by molar-refractivity contribution is 7.94. The fourth-order valence-electron chi connectivity index (χ4n) is 0.121. The second-order valence-electron chi connectivity index (χ2n) is 0.712. The first-order valence-electron chi connectivity index (χ1n) is 1.68. The highest BCUT2D eigenvalue weighted by Crippen LogP contribution is 1.94. The summed E-state index contributed by atoms with van der Waals surface area (Å²) in [7, 11) is 1.58. The van der Waals surface area contributed by atoms with Crippen LogP contribution in [-0.4, -0.2) is 24.6 Å². The minimum Gasteiger partial charge on any atom is -0.395 e. The maximum atomic E-state index is 8.10. The number of aliphatic hydroxyl groups is 1. The maximum absolute atomic E-state index is 8.10. The third-order valence-corrected chi connectivity index (χ3v) is 0.877. The molecule has 0 aromatic carbocycles. The minimum absolute atomic E-state index is 0.193. The summed E-state index contributed by atoms with van der Waals surface area (Å²) in [5, 5.41) is 8.10. The second kappa shape index (κ2) is 5.27. The zero-order valence-electron chi connectivity index (χ0n) is 3.68. The highest BCUT2D eigenvalue weighted by atomic mass is 32.2. The van der Waals surface area contributed by atoms with Gasteiger partial charge in [0.25, 0.3) is 0 Å². The Balaban J connectivity index is 2.34. The topological polar surface area (TPSA) is 29.5 Å². The average Bonchev–Trinajstić information content (AvgIpc) is 1.61. The molecule has 0 saturated carbocycles. The molecule has 0 fully saturated rings. The van der Waals surface area contributed by atoms with Crippen LogP contribution >= 0.6 is 12.0 Å². The van der Waals surface area contributed by atoms with E-state index in [2.05, 4.69) is 4.18 Å². The van der Waals surface area contributed by atoms with Gasteiger partial charge in [-0.05, 0) is 12.0 Å². The Morgan fingerprint density at radius 2 is 2.50 bits per heavy atom. The van der Waals surface area contributed by atoms with Crippen molar-refractivity contribution in [1.29, 1.82) is 0 Å². The van der Waals surface area contributed by atoms with Crippen LogP contribution in [0.5, 0.6) is 0 Å². The summed E-state index contributed by atoms with van der Waals surface area (Å²) in [5.74, 6) is 0.663. The molecule has 0 heterocycles. The number of rotatable bonds is 3. The molecule has 0 aromatic heterocycles. The van der Waals surface area contributed by atoms with Crippen molar-refractivity contribution in [2.75, 3.05) is 19.5 Å². The molecule has 3 heteroatoms. The van der Waals surface area contributed by atoms with Crippen molar-refractivity contribution in [3.05, 3.63) is 0 Å². The van der Waals surface area contributed by atoms with Gasteiger partial charge in [-0.25, -0.2) is 0 Å². The monoisotopic (exact) mass is 108 g/mol. The molecule has 0 aliphatic heterocycles. The normalized spacial score (nSPS) is 9.00. The Labute approximate surface area is 41.7 Å². The van der Waals surface area contributed by atoms with E-state index in [0.717, 1.165) is 0 Å². The first-order chi connectivity index (χ1) is 2.91. The summed E-state index contributed by atoms with van der Waals surface area (Å²) >= 11 is 1.26. The van der Waals surface area contributed by atoms with E-state index in [-0.39, 0.29) is 6.61 Å². The van der Waals surface area contributed by atoms with Crippen molar-refractivity contribution in [1.82, 2.24) is 0 Å². The van der Waals surface area contributed by atoms with Crippen LogP contribution in [-0.2, 0) is 4.18 Å². The van der Waals surface area contributed by atoms with E-state index in [1.54, 1.807) is 7.11 Å². The first-order valence-corrected chi connectivity index (χ1v) is 2.59. The van der Waals surface area contributed by atoms with Crippen LogP contribution in [0.1, 0.15) is 0 Å². The summed E-state index contributed by atoms with van der Waals surface area (Å²) in [6.45, 7) is 0.193. The largest absolute Gasteiger partial charge is 0.395 e. The van der Waals surface area contributed by atoms with Gasteiger partial charge in [-0.2, -0.15) is 0 Å². The molecular formula is C3H8O2S. The Hall–Kier alpha value is 0.270. The Kier molecular flexibility index (Phi) is 5.51. The molecule has 0 aliphatic carbocycles. The molecule has 2 nitrogen and oxygen atoms in total. The van der Waals surface area contributed by atoms with Gasteiger partial charge >= 0.3 is 0 Å². The lowest BCUT2D eigenvalue weighted by molar-refractivity contribution is 0.319. The van der Waals surface area contributed by atoms with E-state index >= 15 is 0 Å². The fraction of sp³-hybridized carbons (Fsp3) is 1.00. The maximum Gasteiger partial charge on any atom is 0.0544 e. The molecule has 0 bridgehead atoms. The van der Waals surface area contributed by atoms with E-state index < -0.39 is 0 Å². The number of aliphatic hydroxyl groups excluding tert-OH is 1. The average molecular weight is 108 g/mol. The van der Waals surface area contributed by atoms with Gasteiger partial charge in [-0.3, -0.25) is 0 Å². The molecule has 0 saturated heterocycles. The fourth-order valence-corrected chi connectivity index (χ4v) is 0.362. The van der Waals surface area contributed by atoms with E-state index in [4.69, 9.17) is 5.11 Å². The molecule has 0 unspecified atom stereocenters. The van der Waals surface area contributed by atoms with E-state index in [1.165, 1.54) is 12.0 Å². The quantitative estimate of drug-likeness (QED) is 0.416. The molecule has 0 aromatic rings. The van der Waals surface area contributed by atoms with Gasteiger partial charge in [0.05, 0.1) is 13.7 Å². The van der Waals surface area contributed by atoms with Crippen molar-refractivity contribution in [2.24, 2.45) is 0 Å². The number of hydrogen-bond donors (Lipinski definition) is 1. The van der Waals surface area contributed by atoms with E-state index in [1.807, 2.05) is 0 Å². The Morgan fingerprint density at radius 1 is 1.83 bits per heavy atom. The van der Waals surface area contributed by atoms with Crippen molar-refractivity contribution < 1.29 is 9.29 Å². The van der Waals surface area contributed by atoms with Gasteiger partial charge in [-0.1, -0.05) is 0 Å². The van der Waals surface area contributed by atoms with Crippen LogP contribution in [0.25, 0.3) is 0 Å². The molecular weight excluding hydrogens is 100 g/mol. The highest BCUT2D eigenvalue weighted by Gasteiger charge is 1.76. The third kappa shape index (κ3) is 4.27. The Morgan fingerprint density at radius 3 is 2.67 bits per heavy atom. The standard InChI is InChI=1S/C3H8O2S/c1-5-6-3-2-4/h4H,2-3H2,1H3. The van der Waals surface area contributed by atoms with Crippen molar-refractivity contribution >= 4 is 12.0 Å². The molecule has 38 valence electrons. The van der Waals surface area contributed by atoms with E-state index in [9.17, 15) is 0 Å². The van der Waals surface area contributed by atoms with Gasteiger partial charge in [0.1, 0.15) is 0 Å². The van der Waals surface area contributed by atoms with Crippen LogP contribution in [0.2, 0.25) is 0 Å². The van der Waals surface area contributed by atoms with Gasteiger partial charge in [0, 0.05) is 5.75 Å². The number of hydrogen-bond acceptors (Lipinski definition) is 3. The van der Waals surface area contributed by atoms with Crippen LogP contribution in [0.15, 0.2) is 0 Å². The first kappa shape index (κ1) is 6.27. The molecule has 0 atom stereocenters. The lowest BCUT2D eigenvalue weighted by atomic mass is 10.9. The predicted molar refractivity (Wildman–Crippen MR) is 26.6 cm³/mol. The smallest absolute Gasteiger partial charge is 0.0544 e. The van der Waals surface area contributed by atoms with Gasteiger partial charge in [0.15, 0.2) is 0 Å². The van der Waals surface area contributed by atoms with Gasteiger partial charge in [0.2, 0.25) is 0 Å². The van der Waals surface area contributed by atoms with Crippen LogP contribution in [0, 0.1) is 0 Å². The zero-order valence-corrected chi connectivity index (χ0v) is 4.49.